The Morgan fingerprint density at radius 2 is 1.89 bits per heavy atom. The van der Waals surface area contributed by atoms with Crippen LogP contribution in [0.4, 0.5) is 5.69 Å². The molecule has 4 rings (SSSR count). The number of H-pyrrole nitrogens is 1. The number of nitrogens with two attached hydrogens (primary N) is 1. The summed E-state index contributed by atoms with van der Waals surface area (Å²) >= 11 is 6.07. The van der Waals surface area contributed by atoms with Crippen LogP contribution in [-0.2, 0) is 20.6 Å². The minimum Gasteiger partial charge on any atom is -0.379 e. The van der Waals surface area contributed by atoms with Gasteiger partial charge >= 0.3 is 5.69 Å². The van der Waals surface area contributed by atoms with Gasteiger partial charge in [0.1, 0.15) is 6.54 Å². The van der Waals surface area contributed by atoms with Crippen LogP contribution < -0.4 is 21.3 Å². The van der Waals surface area contributed by atoms with E-state index in [2.05, 4.69) is 27.8 Å². The van der Waals surface area contributed by atoms with Crippen molar-refractivity contribution in [3.63, 3.8) is 0 Å². The number of benzene rings is 2. The van der Waals surface area contributed by atoms with Crippen molar-refractivity contribution in [3.8, 4) is 0 Å². The van der Waals surface area contributed by atoms with Crippen LogP contribution in [0.5, 0.6) is 0 Å². The van der Waals surface area contributed by atoms with Crippen LogP contribution in [0.15, 0.2) is 53.5 Å². The zero-order valence-corrected chi connectivity index (χ0v) is 16.8. The van der Waals surface area contributed by atoms with Crippen LogP contribution in [0, 0.1) is 0 Å². The average Bonchev–Trinajstić information content (AvgIpc) is 2.91. The van der Waals surface area contributed by atoms with Crippen molar-refractivity contribution in [2.24, 2.45) is 14.1 Å². The van der Waals surface area contributed by atoms with Crippen LogP contribution in [0.2, 0.25) is 5.02 Å². The number of rotatable bonds is 6. The van der Waals surface area contributed by atoms with E-state index in [1.807, 2.05) is 43.6 Å². The first-order valence-corrected chi connectivity index (χ1v) is 9.72. The third-order valence-corrected chi connectivity index (χ3v) is 5.38. The number of nitrogens with zero attached hydrogens (tertiary/aromatic N) is 2. The highest BCUT2D eigenvalue weighted by Crippen LogP contribution is 2.22. The Hall–Kier alpha value is -2.83. The third kappa shape index (κ3) is 3.48. The zero-order valence-electron chi connectivity index (χ0n) is 16.0. The zero-order chi connectivity index (χ0) is 19.7. The molecule has 144 valence electrons. The van der Waals surface area contributed by atoms with Gasteiger partial charge in [-0.05, 0) is 24.3 Å². The first-order chi connectivity index (χ1) is 13.5. The maximum absolute atomic E-state index is 12.0. The molecule has 0 saturated carbocycles. The summed E-state index contributed by atoms with van der Waals surface area (Å²) < 4.78 is 3.38. The summed E-state index contributed by atoms with van der Waals surface area (Å²) in [4.78, 5) is 15.3. The standard InChI is InChI=1S/C21H22ClN5O/c1-26-19-6-3-14(11-20(19)27(2)21(26)28)13-23-9-10-25-17-7-8-24-18-12-15(22)4-5-16(17)18/h3-8,11-12,23H,9-10,13H2,1-2H3,(H,24,25)/p+2. The topological polar surface area (TPSA) is 69.7 Å². The second-order valence-corrected chi connectivity index (χ2v) is 7.45. The van der Waals surface area contributed by atoms with Gasteiger partial charge in [-0.2, -0.15) is 0 Å². The molecule has 0 radical (unpaired) electrons. The number of hydrogen-bond donors (Lipinski definition) is 2. The van der Waals surface area contributed by atoms with E-state index in [1.54, 1.807) is 16.2 Å². The van der Waals surface area contributed by atoms with E-state index in [4.69, 9.17) is 11.6 Å². The number of anilines is 1. The Bertz CT molecular complexity index is 1210. The number of nitrogens with one attached hydrogen (secondary N) is 2. The van der Waals surface area contributed by atoms with E-state index in [0.717, 1.165) is 52.3 Å². The van der Waals surface area contributed by atoms with Gasteiger partial charge < -0.3 is 10.6 Å². The van der Waals surface area contributed by atoms with Crippen LogP contribution >= 0.6 is 11.6 Å². The van der Waals surface area contributed by atoms with E-state index >= 15 is 0 Å². The predicted octanol–water partition coefficient (Wildman–Crippen LogP) is 1.67. The molecule has 7 heteroatoms. The Morgan fingerprint density at radius 1 is 1.07 bits per heavy atom. The molecule has 0 amide bonds. The van der Waals surface area contributed by atoms with Gasteiger partial charge in [-0.1, -0.05) is 17.7 Å². The average molecular weight is 398 g/mol. The summed E-state index contributed by atoms with van der Waals surface area (Å²) in [5, 5.41) is 7.62. The molecule has 0 fully saturated rings. The molecule has 0 bridgehead atoms. The molecule has 0 aliphatic heterocycles. The number of aryl methyl sites for hydroxylation is 2. The number of halogens is 1. The van der Waals surface area contributed by atoms with E-state index in [9.17, 15) is 4.79 Å². The van der Waals surface area contributed by atoms with Crippen LogP contribution in [-0.4, -0.2) is 22.2 Å². The number of aromatic amines is 1. The van der Waals surface area contributed by atoms with Gasteiger partial charge in [0.25, 0.3) is 0 Å². The number of imidazole rings is 1. The minimum atomic E-state index is 0.00829. The number of hydrogen-bond acceptors (Lipinski definition) is 2. The Kier molecular flexibility index (Phi) is 5.07. The highest BCUT2D eigenvalue weighted by atomic mass is 35.5. The van der Waals surface area contributed by atoms with Crippen LogP contribution in [0.1, 0.15) is 5.56 Å². The van der Waals surface area contributed by atoms with E-state index in [0.29, 0.717) is 0 Å². The van der Waals surface area contributed by atoms with Crippen molar-refractivity contribution in [2.75, 3.05) is 18.4 Å². The molecule has 0 aliphatic carbocycles. The number of aromatic nitrogens is 3. The minimum absolute atomic E-state index is 0.00829. The molecule has 0 spiro atoms. The lowest BCUT2D eigenvalue weighted by atomic mass is 10.2. The fourth-order valence-corrected chi connectivity index (χ4v) is 3.76. The quantitative estimate of drug-likeness (QED) is 0.486. The number of quaternary nitrogens is 1. The van der Waals surface area contributed by atoms with E-state index < -0.39 is 0 Å². The number of fused-ring (bicyclic) bond motifs is 2. The van der Waals surface area contributed by atoms with Gasteiger partial charge in [-0.15, -0.1) is 0 Å². The second kappa shape index (κ2) is 7.66. The molecule has 6 nitrogen and oxygen atoms in total. The second-order valence-electron chi connectivity index (χ2n) is 7.01. The molecule has 4 N–H and O–H groups in total. The van der Waals surface area contributed by atoms with Gasteiger partial charge in [-0.3, -0.25) is 9.13 Å². The van der Waals surface area contributed by atoms with Crippen LogP contribution in [0.3, 0.4) is 0 Å². The molecule has 4 aromatic rings. The molecule has 0 saturated heterocycles. The maximum atomic E-state index is 12.0. The monoisotopic (exact) mass is 397 g/mol. The van der Waals surface area contributed by atoms with Gasteiger partial charge in [-0.25, -0.2) is 9.78 Å². The van der Waals surface area contributed by atoms with Crippen molar-refractivity contribution < 1.29 is 10.3 Å². The molecular formula is C21H24ClN5O+2. The van der Waals surface area contributed by atoms with Gasteiger partial charge in [0.05, 0.1) is 35.2 Å². The molecule has 2 aromatic carbocycles. The lowest BCUT2D eigenvalue weighted by Crippen LogP contribution is -2.83. The fraction of sp³-hybridized carbons (Fsp3) is 0.238. The first kappa shape index (κ1) is 18.5. The molecule has 2 heterocycles. The maximum Gasteiger partial charge on any atom is 0.328 e. The predicted molar refractivity (Wildman–Crippen MR) is 113 cm³/mol. The highest BCUT2D eigenvalue weighted by Gasteiger charge is 2.09. The normalized spacial score (nSPS) is 11.4. The Morgan fingerprint density at radius 3 is 2.75 bits per heavy atom. The largest absolute Gasteiger partial charge is 0.379 e. The van der Waals surface area contributed by atoms with Crippen molar-refractivity contribution in [1.29, 1.82) is 0 Å². The summed E-state index contributed by atoms with van der Waals surface area (Å²) in [6.07, 6.45) is 1.92. The van der Waals surface area contributed by atoms with Crippen molar-refractivity contribution in [3.05, 3.63) is 69.7 Å². The third-order valence-electron chi connectivity index (χ3n) is 5.14. The van der Waals surface area contributed by atoms with E-state index in [1.165, 1.54) is 5.56 Å². The molecule has 0 unspecified atom stereocenters. The Labute approximate surface area is 167 Å². The van der Waals surface area contributed by atoms with Gasteiger partial charge in [0, 0.05) is 36.8 Å². The van der Waals surface area contributed by atoms with Gasteiger partial charge in [0.2, 0.25) is 5.52 Å². The lowest BCUT2D eigenvalue weighted by Gasteiger charge is -2.07. The van der Waals surface area contributed by atoms with Crippen molar-refractivity contribution in [1.82, 2.24) is 9.13 Å². The summed E-state index contributed by atoms with van der Waals surface area (Å²) in [6.45, 7) is 2.67. The molecule has 28 heavy (non-hydrogen) atoms. The summed E-state index contributed by atoms with van der Waals surface area (Å²) in [7, 11) is 3.62. The highest BCUT2D eigenvalue weighted by molar-refractivity contribution is 6.31. The molecule has 2 aromatic heterocycles. The lowest BCUT2D eigenvalue weighted by molar-refractivity contribution is -0.668. The van der Waals surface area contributed by atoms with E-state index in [-0.39, 0.29) is 5.69 Å². The summed E-state index contributed by atoms with van der Waals surface area (Å²) in [6, 6.07) is 14.1. The van der Waals surface area contributed by atoms with Crippen molar-refractivity contribution >= 4 is 39.2 Å². The first-order valence-electron chi connectivity index (χ1n) is 9.34. The fourth-order valence-electron chi connectivity index (χ4n) is 3.59. The smallest absolute Gasteiger partial charge is 0.328 e. The SMILES string of the molecule is Cn1c(=O)n(C)c2cc(C[NH2+]CCNc3cc[nH+]c4cc(Cl)ccc34)ccc21. The van der Waals surface area contributed by atoms with Crippen LogP contribution in [0.25, 0.3) is 21.9 Å². The Balaban J connectivity index is 1.36. The molecule has 0 atom stereocenters. The molecule has 0 aliphatic rings. The summed E-state index contributed by atoms with van der Waals surface area (Å²) in [5.41, 5.74) is 5.27. The molecular weight excluding hydrogens is 374 g/mol. The van der Waals surface area contributed by atoms with Crippen molar-refractivity contribution in [2.45, 2.75) is 6.54 Å². The van der Waals surface area contributed by atoms with Gasteiger partial charge in [0.15, 0.2) is 6.20 Å². The number of pyridine rings is 1. The summed E-state index contributed by atoms with van der Waals surface area (Å²) in [5.74, 6) is 0.